The summed E-state index contributed by atoms with van der Waals surface area (Å²) >= 11 is 0. The van der Waals surface area contributed by atoms with Gasteiger partial charge in [0.05, 0.1) is 18.1 Å². The van der Waals surface area contributed by atoms with E-state index in [0.717, 1.165) is 16.6 Å². The van der Waals surface area contributed by atoms with Crippen molar-refractivity contribution >= 4 is 36.8 Å². The van der Waals surface area contributed by atoms with Gasteiger partial charge in [0.25, 0.3) is 0 Å². The monoisotopic (exact) mass is 307 g/mol. The molecule has 7 heteroatoms. The summed E-state index contributed by atoms with van der Waals surface area (Å²) in [6.45, 7) is 4.05. The van der Waals surface area contributed by atoms with Crippen molar-refractivity contribution in [3.8, 4) is 0 Å². The van der Waals surface area contributed by atoms with Crippen LogP contribution >= 0.6 is 8.58 Å². The Labute approximate surface area is 124 Å². The number of aromatic amines is 1. The predicted molar refractivity (Wildman–Crippen MR) is 83.4 cm³/mol. The number of hydrogen-bond acceptors (Lipinski definition) is 4. The number of hydrogen-bond donors (Lipinski definition) is 2. The summed E-state index contributed by atoms with van der Waals surface area (Å²) in [5.74, 6) is -0.280. The van der Waals surface area contributed by atoms with Crippen molar-refractivity contribution in [2.75, 3.05) is 13.7 Å². The van der Waals surface area contributed by atoms with E-state index in [1.807, 2.05) is 25.1 Å². The Kier molecular flexibility index (Phi) is 4.91. The summed E-state index contributed by atoms with van der Waals surface area (Å²) in [6, 6.07) is 5.92. The number of H-pyrrole nitrogens is 1. The molecule has 21 heavy (non-hydrogen) atoms. The second-order valence-corrected chi connectivity index (χ2v) is 6.09. The smallest absolute Gasteiger partial charge is 0.406 e. The van der Waals surface area contributed by atoms with Gasteiger partial charge < -0.3 is 15.0 Å². The number of nitrogens with one attached hydrogen (secondary N) is 2. The highest BCUT2D eigenvalue weighted by Gasteiger charge is 2.16. The molecule has 1 amide bonds. The first kappa shape index (κ1) is 15.4. The topological polar surface area (TPSA) is 84.1 Å². The quantitative estimate of drug-likeness (QED) is 0.823. The number of amides is 1. The van der Waals surface area contributed by atoms with Crippen molar-refractivity contribution in [1.82, 2.24) is 15.3 Å². The Bertz CT molecular complexity index is 669. The molecular weight excluding hydrogens is 289 g/mol. The van der Waals surface area contributed by atoms with Gasteiger partial charge in [0.2, 0.25) is 0 Å². The Morgan fingerprint density at radius 2 is 2.24 bits per heavy atom. The number of methoxy groups -OCH3 is 1. The van der Waals surface area contributed by atoms with Gasteiger partial charge in [-0.1, -0.05) is 13.0 Å². The molecule has 0 radical (unpaired) electrons. The standard InChI is InChI=1S/C14H18N3O3P/c1-8-4-5-10-11(6-8)17-13(16-10)21-12(18)9(2)7-15-14(19)20-3/h4-6,9,21H,7H2,1-3H3,(H,15,19)(H,16,17). The Hall–Kier alpha value is -1.94. The van der Waals surface area contributed by atoms with Gasteiger partial charge >= 0.3 is 6.09 Å². The summed E-state index contributed by atoms with van der Waals surface area (Å²) in [4.78, 5) is 30.7. The van der Waals surface area contributed by atoms with Crippen molar-refractivity contribution in [2.45, 2.75) is 13.8 Å². The second-order valence-electron chi connectivity index (χ2n) is 4.87. The van der Waals surface area contributed by atoms with Crippen LogP contribution in [0.1, 0.15) is 12.5 Å². The highest BCUT2D eigenvalue weighted by Crippen LogP contribution is 2.19. The van der Waals surface area contributed by atoms with E-state index in [0.29, 0.717) is 5.57 Å². The molecule has 2 rings (SSSR count). The van der Waals surface area contributed by atoms with Crippen LogP contribution in [0.4, 0.5) is 4.79 Å². The lowest BCUT2D eigenvalue weighted by atomic mass is 10.2. The number of fused-ring (bicyclic) bond motifs is 1. The van der Waals surface area contributed by atoms with Crippen molar-refractivity contribution in [2.24, 2.45) is 5.92 Å². The minimum Gasteiger partial charge on any atom is -0.453 e. The summed E-state index contributed by atoms with van der Waals surface area (Å²) in [6.07, 6.45) is -0.530. The van der Waals surface area contributed by atoms with Crippen molar-refractivity contribution < 1.29 is 14.3 Å². The largest absolute Gasteiger partial charge is 0.453 e. The number of alkyl carbamates (subject to hydrolysis) is 1. The maximum Gasteiger partial charge on any atom is 0.406 e. The zero-order valence-electron chi connectivity index (χ0n) is 12.2. The number of aryl methyl sites for hydroxylation is 1. The molecule has 6 nitrogen and oxygen atoms in total. The molecule has 112 valence electrons. The van der Waals surface area contributed by atoms with E-state index in [-0.39, 0.29) is 26.6 Å². The molecule has 2 unspecified atom stereocenters. The minimum absolute atomic E-state index is 0.0437. The summed E-state index contributed by atoms with van der Waals surface area (Å²) in [7, 11) is 1.24. The van der Waals surface area contributed by atoms with Crippen LogP contribution in [0.3, 0.4) is 0 Å². The van der Waals surface area contributed by atoms with Gasteiger partial charge in [-0.3, -0.25) is 4.79 Å². The van der Waals surface area contributed by atoms with Crippen LogP contribution in [0.2, 0.25) is 0 Å². The SMILES string of the molecule is COC(=O)NCC(C)C(=O)Pc1nc2ccc(C)cc2[nH]1. The van der Waals surface area contributed by atoms with Gasteiger partial charge in [-0.15, -0.1) is 0 Å². The number of imidazole rings is 1. The number of nitrogens with zero attached hydrogens (tertiary/aromatic N) is 1. The third-order valence-corrected chi connectivity index (χ3v) is 4.28. The third-order valence-electron chi connectivity index (χ3n) is 3.06. The van der Waals surface area contributed by atoms with Gasteiger partial charge in [0, 0.05) is 21.0 Å². The van der Waals surface area contributed by atoms with Crippen LogP contribution in [0.25, 0.3) is 11.0 Å². The van der Waals surface area contributed by atoms with Crippen molar-refractivity contribution in [1.29, 1.82) is 0 Å². The molecule has 0 aliphatic heterocycles. The number of rotatable bonds is 5. The molecule has 1 aromatic carbocycles. The van der Waals surface area contributed by atoms with Crippen LogP contribution in [0.15, 0.2) is 18.2 Å². The maximum atomic E-state index is 12.1. The Morgan fingerprint density at radius 1 is 1.48 bits per heavy atom. The molecule has 2 aromatic rings. The summed E-state index contributed by atoms with van der Waals surface area (Å²) < 4.78 is 4.47. The zero-order valence-corrected chi connectivity index (χ0v) is 13.2. The molecule has 1 aromatic heterocycles. The lowest BCUT2D eigenvalue weighted by molar-refractivity contribution is -0.114. The van der Waals surface area contributed by atoms with Gasteiger partial charge in [-0.2, -0.15) is 0 Å². The fraction of sp³-hybridized carbons (Fsp3) is 0.357. The van der Waals surface area contributed by atoms with E-state index < -0.39 is 6.09 Å². The molecule has 2 atom stereocenters. The molecule has 0 aliphatic rings. The van der Waals surface area contributed by atoms with E-state index in [9.17, 15) is 9.59 Å². The summed E-state index contributed by atoms with van der Waals surface area (Å²) in [5, 5.41) is 2.52. The van der Waals surface area contributed by atoms with Gasteiger partial charge in [0.15, 0.2) is 5.52 Å². The number of aromatic nitrogens is 2. The fourth-order valence-electron chi connectivity index (χ4n) is 1.82. The van der Waals surface area contributed by atoms with E-state index in [1.54, 1.807) is 6.92 Å². The lowest BCUT2D eigenvalue weighted by Crippen LogP contribution is -2.30. The molecule has 0 fully saturated rings. The second kappa shape index (κ2) is 6.68. The first-order valence-corrected chi connectivity index (χ1v) is 7.58. The molecule has 1 heterocycles. The highest BCUT2D eigenvalue weighted by atomic mass is 31.1. The van der Waals surface area contributed by atoms with Crippen molar-refractivity contribution in [3.63, 3.8) is 0 Å². The Morgan fingerprint density at radius 3 is 2.95 bits per heavy atom. The number of ether oxygens (including phenoxy) is 1. The van der Waals surface area contributed by atoms with E-state index in [1.165, 1.54) is 7.11 Å². The molecular formula is C14H18N3O3P. The van der Waals surface area contributed by atoms with Crippen molar-refractivity contribution in [3.05, 3.63) is 23.8 Å². The van der Waals surface area contributed by atoms with Crippen LogP contribution < -0.4 is 10.9 Å². The first-order valence-electron chi connectivity index (χ1n) is 6.58. The van der Waals surface area contributed by atoms with Crippen LogP contribution in [-0.2, 0) is 9.53 Å². The highest BCUT2D eigenvalue weighted by molar-refractivity contribution is 7.64. The molecule has 0 bridgehead atoms. The number of benzene rings is 1. The summed E-state index contributed by atoms with van der Waals surface area (Å²) in [5.41, 5.74) is 3.65. The van der Waals surface area contributed by atoms with Gasteiger partial charge in [-0.25, -0.2) is 9.78 Å². The lowest BCUT2D eigenvalue weighted by Gasteiger charge is -2.09. The predicted octanol–water partition coefficient (Wildman–Crippen LogP) is 1.69. The van der Waals surface area contributed by atoms with Gasteiger partial charge in [0.1, 0.15) is 5.57 Å². The normalized spacial score (nSPS) is 12.7. The van der Waals surface area contributed by atoms with Crippen LogP contribution in [0.5, 0.6) is 0 Å². The Balaban J connectivity index is 1.98. The fourth-order valence-corrected chi connectivity index (χ4v) is 2.78. The molecule has 0 saturated carbocycles. The zero-order chi connectivity index (χ0) is 15.4. The number of carbonyl (C=O) groups excluding carboxylic acids is 2. The van der Waals surface area contributed by atoms with Gasteiger partial charge in [-0.05, 0) is 24.6 Å². The molecule has 0 aliphatic carbocycles. The van der Waals surface area contributed by atoms with Crippen LogP contribution in [0, 0.1) is 12.8 Å². The molecule has 2 N–H and O–H groups in total. The minimum atomic E-state index is -0.530. The average Bonchev–Trinajstić information content (AvgIpc) is 2.85. The van der Waals surface area contributed by atoms with E-state index >= 15 is 0 Å². The molecule has 0 saturated heterocycles. The third kappa shape index (κ3) is 4.02. The number of carbonyl (C=O) groups is 2. The van der Waals surface area contributed by atoms with Crippen LogP contribution in [-0.4, -0.2) is 35.2 Å². The molecule has 0 spiro atoms. The average molecular weight is 307 g/mol. The maximum absolute atomic E-state index is 12.1. The first-order chi connectivity index (χ1) is 9.99. The van der Waals surface area contributed by atoms with E-state index in [4.69, 9.17) is 0 Å². The van der Waals surface area contributed by atoms with E-state index in [2.05, 4.69) is 20.0 Å².